The van der Waals surface area contributed by atoms with Crippen molar-refractivity contribution in [3.05, 3.63) is 29.6 Å². The van der Waals surface area contributed by atoms with Gasteiger partial charge in [-0.15, -0.1) is 0 Å². The quantitative estimate of drug-likeness (QED) is 0.849. The van der Waals surface area contributed by atoms with Crippen molar-refractivity contribution in [2.75, 3.05) is 18.0 Å². The minimum atomic E-state index is -0.608. The average molecular weight is 263 g/mol. The van der Waals surface area contributed by atoms with Crippen LogP contribution in [0.4, 0.5) is 10.1 Å². The topological polar surface area (TPSA) is 23.5 Å². The van der Waals surface area contributed by atoms with Gasteiger partial charge in [-0.3, -0.25) is 0 Å². The summed E-state index contributed by atoms with van der Waals surface area (Å²) < 4.78 is 14.2. The summed E-state index contributed by atoms with van der Waals surface area (Å²) in [5, 5.41) is 9.51. The maximum atomic E-state index is 14.2. The highest BCUT2D eigenvalue weighted by molar-refractivity contribution is 5.50. The molecule has 1 atom stereocenters. The van der Waals surface area contributed by atoms with Crippen molar-refractivity contribution in [1.29, 1.82) is 0 Å². The van der Waals surface area contributed by atoms with E-state index < -0.39 is 6.10 Å². The zero-order chi connectivity index (χ0) is 13.4. The molecule has 0 amide bonds. The van der Waals surface area contributed by atoms with Gasteiger partial charge in [-0.2, -0.15) is 0 Å². The monoisotopic (exact) mass is 263 g/mol. The fourth-order valence-corrected chi connectivity index (χ4v) is 2.53. The van der Waals surface area contributed by atoms with Crippen molar-refractivity contribution in [2.24, 2.45) is 11.8 Å². The van der Waals surface area contributed by atoms with Crippen molar-refractivity contribution >= 4 is 5.69 Å². The molecule has 1 N–H and O–H groups in total. The van der Waals surface area contributed by atoms with Crippen molar-refractivity contribution < 1.29 is 9.50 Å². The van der Waals surface area contributed by atoms with Gasteiger partial charge in [0.2, 0.25) is 0 Å². The molecule has 3 rings (SSSR count). The molecule has 104 valence electrons. The van der Waals surface area contributed by atoms with E-state index in [-0.39, 0.29) is 5.82 Å². The molecule has 2 saturated carbocycles. The Kier molecular flexibility index (Phi) is 3.48. The second-order valence-corrected chi connectivity index (χ2v) is 6.18. The highest BCUT2D eigenvalue weighted by atomic mass is 19.1. The van der Waals surface area contributed by atoms with E-state index in [1.165, 1.54) is 31.7 Å². The summed E-state index contributed by atoms with van der Waals surface area (Å²) in [5.41, 5.74) is 1.36. The summed E-state index contributed by atoms with van der Waals surface area (Å²) in [7, 11) is 0. The summed E-state index contributed by atoms with van der Waals surface area (Å²) >= 11 is 0. The second-order valence-electron chi connectivity index (χ2n) is 6.18. The molecule has 19 heavy (non-hydrogen) atoms. The van der Waals surface area contributed by atoms with E-state index in [2.05, 4.69) is 4.90 Å². The molecule has 1 aromatic carbocycles. The van der Waals surface area contributed by atoms with E-state index >= 15 is 0 Å². The predicted molar refractivity (Wildman–Crippen MR) is 74.7 cm³/mol. The molecule has 2 aliphatic rings. The van der Waals surface area contributed by atoms with Gasteiger partial charge in [-0.25, -0.2) is 4.39 Å². The maximum Gasteiger partial charge on any atom is 0.146 e. The van der Waals surface area contributed by atoms with Crippen molar-refractivity contribution in [2.45, 2.75) is 38.7 Å². The minimum Gasteiger partial charge on any atom is -0.389 e. The van der Waals surface area contributed by atoms with Crippen LogP contribution in [0.2, 0.25) is 0 Å². The average Bonchev–Trinajstić information content (AvgIpc) is 3.23. The predicted octanol–water partition coefficient (Wildman–Crippen LogP) is 3.51. The minimum absolute atomic E-state index is 0.195. The smallest absolute Gasteiger partial charge is 0.146 e. The Morgan fingerprint density at radius 2 is 1.79 bits per heavy atom. The molecule has 1 aromatic rings. The van der Waals surface area contributed by atoms with E-state index in [0.29, 0.717) is 11.3 Å². The molecule has 0 saturated heterocycles. The molecule has 2 aliphatic carbocycles. The summed E-state index contributed by atoms with van der Waals surface area (Å²) in [6, 6.07) is 5.16. The largest absolute Gasteiger partial charge is 0.389 e. The third-order valence-electron chi connectivity index (χ3n) is 4.15. The molecule has 0 radical (unpaired) electrons. The van der Waals surface area contributed by atoms with E-state index in [9.17, 15) is 9.50 Å². The van der Waals surface area contributed by atoms with Crippen LogP contribution in [0.3, 0.4) is 0 Å². The molecule has 2 nitrogen and oxygen atoms in total. The SMILES string of the molecule is C[C@@H](O)c1ccc(N(CC2CC2)CC2CC2)c(F)c1. The number of anilines is 1. The zero-order valence-electron chi connectivity index (χ0n) is 11.5. The van der Waals surface area contributed by atoms with Gasteiger partial charge in [-0.05, 0) is 62.1 Å². The number of hydrogen-bond acceptors (Lipinski definition) is 2. The molecule has 0 aromatic heterocycles. The van der Waals surface area contributed by atoms with Gasteiger partial charge in [0.25, 0.3) is 0 Å². The first kappa shape index (κ1) is 12.9. The Morgan fingerprint density at radius 3 is 2.21 bits per heavy atom. The summed E-state index contributed by atoms with van der Waals surface area (Å²) in [5.74, 6) is 1.32. The Labute approximate surface area is 114 Å². The number of rotatable bonds is 6. The number of aliphatic hydroxyl groups is 1. The number of aliphatic hydroxyl groups excluding tert-OH is 1. The lowest BCUT2D eigenvalue weighted by Crippen LogP contribution is -2.29. The fourth-order valence-electron chi connectivity index (χ4n) is 2.53. The van der Waals surface area contributed by atoms with E-state index in [4.69, 9.17) is 0 Å². The lowest BCUT2D eigenvalue weighted by Gasteiger charge is -2.26. The first-order valence-electron chi connectivity index (χ1n) is 7.36. The number of halogens is 1. The molecular weight excluding hydrogens is 241 g/mol. The molecular formula is C16H22FNO. The number of hydrogen-bond donors (Lipinski definition) is 1. The number of nitrogens with zero attached hydrogens (tertiary/aromatic N) is 1. The summed E-state index contributed by atoms with van der Waals surface area (Å²) in [6.45, 7) is 3.64. The second kappa shape index (κ2) is 5.12. The van der Waals surface area contributed by atoms with Gasteiger partial charge in [0.05, 0.1) is 11.8 Å². The van der Waals surface area contributed by atoms with E-state index in [0.717, 1.165) is 24.9 Å². The van der Waals surface area contributed by atoms with Gasteiger partial charge < -0.3 is 10.0 Å². The Balaban J connectivity index is 1.79. The van der Waals surface area contributed by atoms with Crippen LogP contribution in [0.25, 0.3) is 0 Å². The van der Waals surface area contributed by atoms with Crippen LogP contribution < -0.4 is 4.90 Å². The van der Waals surface area contributed by atoms with Gasteiger partial charge in [0.1, 0.15) is 5.82 Å². The molecule has 0 spiro atoms. The Bertz CT molecular complexity index is 438. The van der Waals surface area contributed by atoms with Crippen molar-refractivity contribution in [3.8, 4) is 0 Å². The van der Waals surface area contributed by atoms with Crippen LogP contribution in [0.1, 0.15) is 44.3 Å². The van der Waals surface area contributed by atoms with Crippen molar-refractivity contribution in [1.82, 2.24) is 0 Å². The first-order valence-corrected chi connectivity index (χ1v) is 7.36. The number of benzene rings is 1. The van der Waals surface area contributed by atoms with Crippen LogP contribution in [0, 0.1) is 17.7 Å². The Hall–Kier alpha value is -1.09. The van der Waals surface area contributed by atoms with E-state index in [1.54, 1.807) is 6.92 Å². The molecule has 2 fully saturated rings. The first-order chi connectivity index (χ1) is 9.13. The van der Waals surface area contributed by atoms with Crippen LogP contribution in [0.5, 0.6) is 0 Å². The van der Waals surface area contributed by atoms with Crippen LogP contribution in [-0.2, 0) is 0 Å². The van der Waals surface area contributed by atoms with Crippen molar-refractivity contribution in [3.63, 3.8) is 0 Å². The zero-order valence-corrected chi connectivity index (χ0v) is 11.5. The Morgan fingerprint density at radius 1 is 1.21 bits per heavy atom. The molecule has 0 bridgehead atoms. The van der Waals surface area contributed by atoms with Gasteiger partial charge in [-0.1, -0.05) is 6.07 Å². The van der Waals surface area contributed by atoms with E-state index in [1.807, 2.05) is 12.1 Å². The highest BCUT2D eigenvalue weighted by Crippen LogP contribution is 2.36. The van der Waals surface area contributed by atoms with Crippen LogP contribution in [0.15, 0.2) is 18.2 Å². The third kappa shape index (κ3) is 3.27. The maximum absolute atomic E-state index is 14.2. The fraction of sp³-hybridized carbons (Fsp3) is 0.625. The third-order valence-corrected chi connectivity index (χ3v) is 4.15. The lowest BCUT2D eigenvalue weighted by molar-refractivity contribution is 0.199. The van der Waals surface area contributed by atoms with Gasteiger partial charge in [0, 0.05) is 13.1 Å². The molecule has 3 heteroatoms. The normalized spacial score (nSPS) is 20.4. The molecule has 0 aliphatic heterocycles. The van der Waals surface area contributed by atoms with Gasteiger partial charge >= 0.3 is 0 Å². The standard InChI is InChI=1S/C16H22FNO/c1-11(19)14-6-7-16(15(17)8-14)18(9-12-2-3-12)10-13-4-5-13/h6-8,11-13,19H,2-5,9-10H2,1H3/t11-/m1/s1. The highest BCUT2D eigenvalue weighted by Gasteiger charge is 2.30. The van der Waals surface area contributed by atoms with Crippen LogP contribution >= 0.6 is 0 Å². The molecule has 0 heterocycles. The summed E-state index contributed by atoms with van der Waals surface area (Å²) in [6.07, 6.45) is 4.54. The van der Waals surface area contributed by atoms with Crippen LogP contribution in [-0.4, -0.2) is 18.2 Å². The molecule has 0 unspecified atom stereocenters. The van der Waals surface area contributed by atoms with Gasteiger partial charge in [0.15, 0.2) is 0 Å². The summed E-state index contributed by atoms with van der Waals surface area (Å²) in [4.78, 5) is 2.22. The lowest BCUT2D eigenvalue weighted by atomic mass is 10.1.